The molecule has 3 aromatic rings. The number of carbonyl (C=O) groups excluding carboxylic acids is 3. The summed E-state index contributed by atoms with van der Waals surface area (Å²) >= 11 is 1.64. The first-order chi connectivity index (χ1) is 18.0. The predicted octanol–water partition coefficient (Wildman–Crippen LogP) is 2.52. The van der Waals surface area contributed by atoms with Crippen molar-refractivity contribution in [3.63, 3.8) is 0 Å². The SMILES string of the molecule is COc1ccc2sc(N3CCN(CCNC(=O)c4cccc(N5C(=O)CCC5=O)c4)CC3)nc2c1OC. The molecule has 0 bridgehead atoms. The van der Waals surface area contributed by atoms with Gasteiger partial charge in [-0.05, 0) is 30.3 Å². The van der Waals surface area contributed by atoms with E-state index < -0.39 is 0 Å². The van der Waals surface area contributed by atoms with Crippen molar-refractivity contribution >= 4 is 50.1 Å². The van der Waals surface area contributed by atoms with Crippen molar-refractivity contribution in [1.29, 1.82) is 0 Å². The molecule has 37 heavy (non-hydrogen) atoms. The maximum Gasteiger partial charge on any atom is 0.251 e. The van der Waals surface area contributed by atoms with Crippen LogP contribution < -0.4 is 24.6 Å². The molecule has 2 aliphatic heterocycles. The van der Waals surface area contributed by atoms with E-state index in [-0.39, 0.29) is 30.6 Å². The average Bonchev–Trinajstić information content (AvgIpc) is 3.51. The van der Waals surface area contributed by atoms with Gasteiger partial charge in [-0.1, -0.05) is 17.4 Å². The molecule has 0 unspecified atom stereocenters. The zero-order valence-corrected chi connectivity index (χ0v) is 21.7. The van der Waals surface area contributed by atoms with Crippen molar-refractivity contribution < 1.29 is 23.9 Å². The van der Waals surface area contributed by atoms with Crippen LogP contribution in [0.2, 0.25) is 0 Å². The number of imide groups is 1. The predicted molar refractivity (Wildman–Crippen MR) is 142 cm³/mol. The summed E-state index contributed by atoms with van der Waals surface area (Å²) in [6.07, 6.45) is 0.425. The molecule has 0 aliphatic carbocycles. The Labute approximate surface area is 218 Å². The zero-order chi connectivity index (χ0) is 25.9. The molecule has 10 nitrogen and oxygen atoms in total. The molecular formula is C26H29N5O5S. The molecule has 194 valence electrons. The van der Waals surface area contributed by atoms with E-state index in [0.29, 0.717) is 29.3 Å². The topological polar surface area (TPSA) is 104 Å². The number of ether oxygens (including phenoxy) is 2. The molecule has 0 saturated carbocycles. The number of rotatable bonds is 8. The van der Waals surface area contributed by atoms with Crippen molar-refractivity contribution in [1.82, 2.24) is 15.2 Å². The minimum atomic E-state index is -0.230. The first kappa shape index (κ1) is 25.0. The second-order valence-corrected chi connectivity index (χ2v) is 9.91. The summed E-state index contributed by atoms with van der Waals surface area (Å²) in [6.45, 7) is 4.64. The Balaban J connectivity index is 1.13. The molecule has 5 rings (SSSR count). The number of anilines is 2. The van der Waals surface area contributed by atoms with Crippen molar-refractivity contribution in [3.05, 3.63) is 42.0 Å². The Hall–Kier alpha value is -3.70. The van der Waals surface area contributed by atoms with Crippen LogP contribution in [0.15, 0.2) is 36.4 Å². The molecule has 0 radical (unpaired) electrons. The van der Waals surface area contributed by atoms with Gasteiger partial charge in [-0.2, -0.15) is 0 Å². The van der Waals surface area contributed by atoms with Crippen LogP contribution in [0.3, 0.4) is 0 Å². The Morgan fingerprint density at radius 3 is 2.49 bits per heavy atom. The minimum absolute atomic E-state index is 0.213. The number of thiazole rings is 1. The summed E-state index contributed by atoms with van der Waals surface area (Å²) in [5.41, 5.74) is 1.69. The Morgan fingerprint density at radius 2 is 1.78 bits per heavy atom. The molecule has 0 atom stereocenters. The van der Waals surface area contributed by atoms with Gasteiger partial charge in [0.05, 0.1) is 24.6 Å². The van der Waals surface area contributed by atoms with Crippen molar-refractivity contribution in [2.75, 3.05) is 63.3 Å². The number of fused-ring (bicyclic) bond motifs is 1. The summed E-state index contributed by atoms with van der Waals surface area (Å²) < 4.78 is 12.0. The summed E-state index contributed by atoms with van der Waals surface area (Å²) in [4.78, 5) is 47.3. The molecule has 2 fully saturated rings. The summed E-state index contributed by atoms with van der Waals surface area (Å²) in [5.74, 6) is 0.640. The van der Waals surface area contributed by atoms with Gasteiger partial charge < -0.3 is 19.7 Å². The highest BCUT2D eigenvalue weighted by Crippen LogP contribution is 2.40. The molecule has 3 amide bonds. The highest BCUT2D eigenvalue weighted by atomic mass is 32.1. The van der Waals surface area contributed by atoms with Crippen LogP contribution in [0.5, 0.6) is 11.5 Å². The quantitative estimate of drug-likeness (QED) is 0.449. The largest absolute Gasteiger partial charge is 0.493 e. The second kappa shape index (κ2) is 10.7. The molecule has 11 heteroatoms. The van der Waals surface area contributed by atoms with Crippen molar-refractivity contribution in [2.24, 2.45) is 0 Å². The van der Waals surface area contributed by atoms with Crippen molar-refractivity contribution in [3.8, 4) is 11.5 Å². The van der Waals surface area contributed by atoms with Gasteiger partial charge in [-0.25, -0.2) is 4.98 Å². The van der Waals surface area contributed by atoms with Crippen LogP contribution in [0, 0.1) is 0 Å². The Kier molecular flexibility index (Phi) is 7.24. The molecule has 0 spiro atoms. The Morgan fingerprint density at radius 1 is 1.03 bits per heavy atom. The number of piperazine rings is 1. The van der Waals surface area contributed by atoms with Crippen LogP contribution in [0.25, 0.3) is 10.2 Å². The molecule has 2 aliphatic rings. The van der Waals surface area contributed by atoms with E-state index in [4.69, 9.17) is 14.5 Å². The standard InChI is InChI=1S/C26H29N5O5S/c1-35-19-6-7-20-23(24(19)36-2)28-26(37-20)30-14-12-29(13-15-30)11-10-27-25(34)17-4-3-5-18(16-17)31-21(32)8-9-22(31)33/h3-7,16H,8-15H2,1-2H3,(H,27,34). The van der Waals surface area contributed by atoms with Crippen LogP contribution in [0.4, 0.5) is 10.8 Å². The fourth-order valence-electron chi connectivity index (χ4n) is 4.68. The smallest absolute Gasteiger partial charge is 0.251 e. The summed E-state index contributed by atoms with van der Waals surface area (Å²) in [5, 5.41) is 3.91. The number of nitrogens with zero attached hydrogens (tertiary/aromatic N) is 4. The van der Waals surface area contributed by atoms with Gasteiger partial charge >= 0.3 is 0 Å². The van der Waals surface area contributed by atoms with Gasteiger partial charge in [0.2, 0.25) is 11.8 Å². The van der Waals surface area contributed by atoms with Gasteiger partial charge in [0.25, 0.3) is 5.91 Å². The first-order valence-corrected chi connectivity index (χ1v) is 13.0. The lowest BCUT2D eigenvalue weighted by Crippen LogP contribution is -2.48. The maximum absolute atomic E-state index is 12.7. The van der Waals surface area contributed by atoms with Crippen LogP contribution in [-0.2, 0) is 9.59 Å². The summed E-state index contributed by atoms with van der Waals surface area (Å²) in [6, 6.07) is 10.6. The number of amides is 3. The van der Waals surface area contributed by atoms with Crippen LogP contribution >= 0.6 is 11.3 Å². The number of hydrogen-bond donors (Lipinski definition) is 1. The highest BCUT2D eigenvalue weighted by molar-refractivity contribution is 7.22. The minimum Gasteiger partial charge on any atom is -0.493 e. The van der Waals surface area contributed by atoms with Gasteiger partial charge in [-0.3, -0.25) is 24.2 Å². The molecule has 1 N–H and O–H groups in total. The second-order valence-electron chi connectivity index (χ2n) is 8.90. The lowest BCUT2D eigenvalue weighted by Gasteiger charge is -2.34. The molecular weight excluding hydrogens is 494 g/mol. The molecule has 2 aromatic carbocycles. The maximum atomic E-state index is 12.7. The normalized spacial score (nSPS) is 16.5. The van der Waals surface area contributed by atoms with E-state index in [0.717, 1.165) is 53.0 Å². The van der Waals surface area contributed by atoms with Crippen LogP contribution in [-0.4, -0.2) is 81.1 Å². The molecule has 1 aromatic heterocycles. The number of nitrogens with one attached hydrogen (secondary N) is 1. The van der Waals surface area contributed by atoms with E-state index in [1.807, 2.05) is 12.1 Å². The van der Waals surface area contributed by atoms with Gasteiger partial charge in [0.1, 0.15) is 5.52 Å². The number of benzene rings is 2. The monoisotopic (exact) mass is 523 g/mol. The lowest BCUT2D eigenvalue weighted by atomic mass is 10.1. The number of aromatic nitrogens is 1. The van der Waals surface area contributed by atoms with Gasteiger partial charge in [0.15, 0.2) is 16.6 Å². The summed E-state index contributed by atoms with van der Waals surface area (Å²) in [7, 11) is 3.24. The fourth-order valence-corrected chi connectivity index (χ4v) is 5.69. The lowest BCUT2D eigenvalue weighted by molar-refractivity contribution is -0.121. The molecule has 3 heterocycles. The number of methoxy groups -OCH3 is 2. The van der Waals surface area contributed by atoms with Gasteiger partial charge in [0, 0.05) is 57.7 Å². The Bertz CT molecular complexity index is 1320. The third-order valence-corrected chi connectivity index (χ3v) is 7.75. The third kappa shape index (κ3) is 5.09. The van der Waals surface area contributed by atoms with E-state index in [1.54, 1.807) is 49.8 Å². The zero-order valence-electron chi connectivity index (χ0n) is 20.9. The number of carbonyl (C=O) groups is 3. The van der Waals surface area contributed by atoms with E-state index in [9.17, 15) is 14.4 Å². The van der Waals surface area contributed by atoms with E-state index >= 15 is 0 Å². The van der Waals surface area contributed by atoms with Crippen LogP contribution in [0.1, 0.15) is 23.2 Å². The fraction of sp³-hybridized carbons (Fsp3) is 0.385. The van der Waals surface area contributed by atoms with E-state index in [1.165, 1.54) is 0 Å². The highest BCUT2D eigenvalue weighted by Gasteiger charge is 2.30. The van der Waals surface area contributed by atoms with Crippen molar-refractivity contribution in [2.45, 2.75) is 12.8 Å². The molecule has 2 saturated heterocycles. The van der Waals surface area contributed by atoms with E-state index in [2.05, 4.69) is 15.1 Å². The first-order valence-electron chi connectivity index (χ1n) is 12.2. The third-order valence-electron chi connectivity index (χ3n) is 6.67. The average molecular weight is 524 g/mol. The number of hydrogen-bond acceptors (Lipinski definition) is 9. The van der Waals surface area contributed by atoms with Gasteiger partial charge in [-0.15, -0.1) is 0 Å².